The van der Waals surface area contributed by atoms with E-state index in [-0.39, 0.29) is 33.9 Å². The molecule has 0 radical (unpaired) electrons. The minimum absolute atomic E-state index is 0.0855. The zero-order chi connectivity index (χ0) is 21.1. The normalized spacial score (nSPS) is 11.4. The molecule has 0 aliphatic rings. The number of anilines is 2. The molecular weight excluding hydrogens is 466 g/mol. The molecule has 0 bridgehead atoms. The van der Waals surface area contributed by atoms with Crippen molar-refractivity contribution in [2.75, 3.05) is 22.4 Å². The van der Waals surface area contributed by atoms with Crippen molar-refractivity contribution >= 4 is 73.7 Å². The van der Waals surface area contributed by atoms with Gasteiger partial charge in [0.1, 0.15) is 0 Å². The summed E-state index contributed by atoms with van der Waals surface area (Å²) in [4.78, 5) is 12.2. The van der Waals surface area contributed by atoms with E-state index >= 15 is 0 Å². The molecule has 0 aliphatic heterocycles. The topological polar surface area (TPSA) is 66.5 Å². The molecule has 5 nitrogen and oxygen atoms in total. The number of hydrogen-bond donors (Lipinski definition) is 1. The van der Waals surface area contributed by atoms with Crippen molar-refractivity contribution in [3.8, 4) is 0 Å². The molecule has 1 amide bonds. The second-order valence-corrected chi connectivity index (χ2v) is 9.73. The Morgan fingerprint density at radius 2 is 1.68 bits per heavy atom. The molecule has 0 atom stereocenters. The van der Waals surface area contributed by atoms with Crippen LogP contribution in [0.1, 0.15) is 18.4 Å². The van der Waals surface area contributed by atoms with Crippen LogP contribution in [-0.2, 0) is 14.8 Å². The van der Waals surface area contributed by atoms with Crippen LogP contribution in [0, 0.1) is 6.92 Å². The molecule has 2 aromatic carbocycles. The van der Waals surface area contributed by atoms with Crippen molar-refractivity contribution in [3.05, 3.63) is 56.0 Å². The molecule has 2 aromatic rings. The van der Waals surface area contributed by atoms with E-state index in [9.17, 15) is 13.2 Å². The van der Waals surface area contributed by atoms with Crippen molar-refractivity contribution < 1.29 is 13.2 Å². The lowest BCUT2D eigenvalue weighted by atomic mass is 10.2. The Morgan fingerprint density at radius 3 is 2.32 bits per heavy atom. The summed E-state index contributed by atoms with van der Waals surface area (Å²) in [5.74, 6) is -0.323. The van der Waals surface area contributed by atoms with Crippen LogP contribution in [0.25, 0.3) is 0 Å². The number of carbonyl (C=O) groups is 1. The molecule has 0 saturated heterocycles. The van der Waals surface area contributed by atoms with E-state index in [1.807, 2.05) is 0 Å². The molecule has 0 spiro atoms. The van der Waals surface area contributed by atoms with Crippen molar-refractivity contribution in [2.45, 2.75) is 19.8 Å². The zero-order valence-electron chi connectivity index (χ0n) is 15.1. The monoisotopic (exact) mass is 482 g/mol. The standard InChI is InChI=1S/C18H18Cl4N2O3S/c1-11-5-6-12(19)8-17(11)24(28(2,26)27)7-3-4-18(25)23-16-10-14(21)13(20)9-15(16)22/h5-6,8-10H,3-4,7H2,1-2H3,(H,23,25). The summed E-state index contributed by atoms with van der Waals surface area (Å²) in [6.07, 6.45) is 1.49. The molecule has 0 aromatic heterocycles. The maximum atomic E-state index is 12.2. The lowest BCUT2D eigenvalue weighted by Crippen LogP contribution is -2.32. The molecular formula is C18H18Cl4N2O3S. The minimum Gasteiger partial charge on any atom is -0.325 e. The first-order valence-electron chi connectivity index (χ1n) is 8.17. The Morgan fingerprint density at radius 1 is 1.04 bits per heavy atom. The summed E-state index contributed by atoms with van der Waals surface area (Å²) in [6.45, 7) is 1.92. The number of nitrogens with zero attached hydrogens (tertiary/aromatic N) is 1. The van der Waals surface area contributed by atoms with Crippen molar-refractivity contribution in [2.24, 2.45) is 0 Å². The summed E-state index contributed by atoms with van der Waals surface area (Å²) in [6, 6.07) is 7.92. The van der Waals surface area contributed by atoms with E-state index in [4.69, 9.17) is 46.4 Å². The predicted octanol–water partition coefficient (Wildman–Crippen LogP) is 5.79. The first kappa shape index (κ1) is 23.1. The van der Waals surface area contributed by atoms with Crippen LogP contribution < -0.4 is 9.62 Å². The Kier molecular flexibility index (Phi) is 7.88. The predicted molar refractivity (Wildman–Crippen MR) is 118 cm³/mol. The van der Waals surface area contributed by atoms with E-state index in [1.165, 1.54) is 16.4 Å². The molecule has 0 saturated carbocycles. The van der Waals surface area contributed by atoms with E-state index < -0.39 is 10.0 Å². The van der Waals surface area contributed by atoms with Crippen molar-refractivity contribution in [1.29, 1.82) is 0 Å². The van der Waals surface area contributed by atoms with Crippen LogP contribution in [-0.4, -0.2) is 27.1 Å². The SMILES string of the molecule is Cc1ccc(Cl)cc1N(CCCC(=O)Nc1cc(Cl)c(Cl)cc1Cl)S(C)(=O)=O. The number of amides is 1. The minimum atomic E-state index is -3.54. The van der Waals surface area contributed by atoms with Gasteiger partial charge >= 0.3 is 0 Å². The van der Waals surface area contributed by atoms with Gasteiger partial charge in [0.25, 0.3) is 0 Å². The largest absolute Gasteiger partial charge is 0.325 e. The summed E-state index contributed by atoms with van der Waals surface area (Å²) in [5, 5.41) is 3.89. The van der Waals surface area contributed by atoms with E-state index in [0.29, 0.717) is 22.8 Å². The van der Waals surface area contributed by atoms with Gasteiger partial charge in [-0.05, 0) is 43.2 Å². The second kappa shape index (κ2) is 9.55. The lowest BCUT2D eigenvalue weighted by molar-refractivity contribution is -0.116. The summed E-state index contributed by atoms with van der Waals surface area (Å²) < 4.78 is 25.7. The number of sulfonamides is 1. The average molecular weight is 484 g/mol. The fraction of sp³-hybridized carbons (Fsp3) is 0.278. The molecule has 152 valence electrons. The highest BCUT2D eigenvalue weighted by Crippen LogP contribution is 2.32. The van der Waals surface area contributed by atoms with Crippen LogP contribution >= 0.6 is 46.4 Å². The smallest absolute Gasteiger partial charge is 0.232 e. The lowest BCUT2D eigenvalue weighted by Gasteiger charge is -2.24. The Hall–Kier alpha value is -1.18. The summed E-state index contributed by atoms with van der Waals surface area (Å²) in [7, 11) is -3.54. The van der Waals surface area contributed by atoms with Gasteiger partial charge in [-0.2, -0.15) is 0 Å². The second-order valence-electron chi connectivity index (χ2n) is 6.16. The highest BCUT2D eigenvalue weighted by molar-refractivity contribution is 7.92. The fourth-order valence-corrected chi connectivity index (χ4v) is 4.31. The number of rotatable bonds is 7. The number of nitrogens with one attached hydrogen (secondary N) is 1. The summed E-state index contributed by atoms with van der Waals surface area (Å²) in [5.41, 5.74) is 1.59. The molecule has 2 rings (SSSR count). The number of halogens is 4. The quantitative estimate of drug-likeness (QED) is 0.506. The highest BCUT2D eigenvalue weighted by Gasteiger charge is 2.20. The first-order chi connectivity index (χ1) is 13.0. The third kappa shape index (κ3) is 6.16. The van der Waals surface area contributed by atoms with Gasteiger partial charge in [0, 0.05) is 18.0 Å². The molecule has 0 fully saturated rings. The number of hydrogen-bond acceptors (Lipinski definition) is 3. The van der Waals surface area contributed by atoms with Gasteiger partial charge in [0.2, 0.25) is 15.9 Å². The molecule has 1 N–H and O–H groups in total. The molecule has 28 heavy (non-hydrogen) atoms. The molecule has 0 aliphatic carbocycles. The van der Waals surface area contributed by atoms with Gasteiger partial charge < -0.3 is 5.32 Å². The Bertz CT molecular complexity index is 997. The van der Waals surface area contributed by atoms with Gasteiger partial charge in [0.05, 0.1) is 32.7 Å². The number of carbonyl (C=O) groups excluding carboxylic acids is 1. The Labute approximate surface area is 184 Å². The third-order valence-corrected chi connectivity index (χ3v) is 6.34. The zero-order valence-corrected chi connectivity index (χ0v) is 18.9. The Balaban J connectivity index is 2.06. The molecule has 0 unspecified atom stereocenters. The van der Waals surface area contributed by atoms with Gasteiger partial charge in [-0.15, -0.1) is 0 Å². The van der Waals surface area contributed by atoms with Gasteiger partial charge in [-0.25, -0.2) is 8.42 Å². The van der Waals surface area contributed by atoms with Crippen molar-refractivity contribution in [3.63, 3.8) is 0 Å². The van der Waals surface area contributed by atoms with Crippen molar-refractivity contribution in [1.82, 2.24) is 0 Å². The van der Waals surface area contributed by atoms with Gasteiger partial charge in [-0.3, -0.25) is 9.10 Å². The van der Waals surface area contributed by atoms with Crippen LogP contribution in [0.3, 0.4) is 0 Å². The van der Waals surface area contributed by atoms with Crippen LogP contribution in [0.2, 0.25) is 20.1 Å². The van der Waals surface area contributed by atoms with Crippen LogP contribution in [0.4, 0.5) is 11.4 Å². The molecule has 10 heteroatoms. The van der Waals surface area contributed by atoms with Gasteiger partial charge in [0.15, 0.2) is 0 Å². The number of aryl methyl sites for hydroxylation is 1. The van der Waals surface area contributed by atoms with E-state index in [0.717, 1.165) is 11.8 Å². The molecule has 0 heterocycles. The van der Waals surface area contributed by atoms with Crippen LogP contribution in [0.15, 0.2) is 30.3 Å². The average Bonchev–Trinajstić information content (AvgIpc) is 2.58. The first-order valence-corrected chi connectivity index (χ1v) is 11.5. The van der Waals surface area contributed by atoms with Crippen LogP contribution in [0.5, 0.6) is 0 Å². The number of benzene rings is 2. The van der Waals surface area contributed by atoms with E-state index in [2.05, 4.69) is 5.32 Å². The summed E-state index contributed by atoms with van der Waals surface area (Å²) >= 11 is 23.8. The van der Waals surface area contributed by atoms with Gasteiger partial charge in [-0.1, -0.05) is 52.5 Å². The maximum Gasteiger partial charge on any atom is 0.232 e. The van der Waals surface area contributed by atoms with E-state index in [1.54, 1.807) is 25.1 Å². The maximum absolute atomic E-state index is 12.2. The third-order valence-electron chi connectivity index (χ3n) is 3.89. The highest BCUT2D eigenvalue weighted by atomic mass is 35.5. The fourth-order valence-electron chi connectivity index (χ4n) is 2.53.